The van der Waals surface area contributed by atoms with Crippen LogP contribution >= 0.6 is 0 Å². The van der Waals surface area contributed by atoms with Crippen LogP contribution in [-0.4, -0.2) is 38.2 Å². The summed E-state index contributed by atoms with van der Waals surface area (Å²) in [6.07, 6.45) is 0.564. The van der Waals surface area contributed by atoms with Gasteiger partial charge in [-0.05, 0) is 42.7 Å². The normalized spacial score (nSPS) is 15.7. The van der Waals surface area contributed by atoms with Crippen LogP contribution in [0.2, 0.25) is 0 Å². The van der Waals surface area contributed by atoms with Crippen molar-refractivity contribution in [2.45, 2.75) is 37.6 Å². The number of carbonyl (C=O) groups excluding carboxylic acids is 2. The van der Waals surface area contributed by atoms with Crippen LogP contribution in [-0.2, 0) is 14.8 Å². The van der Waals surface area contributed by atoms with E-state index in [0.717, 1.165) is 21.2 Å². The molecule has 0 saturated heterocycles. The van der Waals surface area contributed by atoms with Crippen molar-refractivity contribution in [2.24, 2.45) is 0 Å². The lowest BCUT2D eigenvalue weighted by molar-refractivity contribution is -0.121. The highest BCUT2D eigenvalue weighted by Crippen LogP contribution is 2.30. The van der Waals surface area contributed by atoms with Crippen LogP contribution < -0.4 is 10.1 Å². The number of benzene rings is 2. The third-order valence-corrected chi connectivity index (χ3v) is 6.86. The summed E-state index contributed by atoms with van der Waals surface area (Å²) in [5.41, 5.74) is 2.05. The average Bonchev–Trinajstić information content (AvgIpc) is 2.90. The molecule has 7 nitrogen and oxygen atoms in total. The molecule has 1 aliphatic rings. The van der Waals surface area contributed by atoms with E-state index >= 15 is 0 Å². The molecule has 1 atom stereocenters. The molecule has 8 heteroatoms. The minimum absolute atomic E-state index is 0.00875. The van der Waals surface area contributed by atoms with Gasteiger partial charge in [0.1, 0.15) is 10.6 Å². The SMILES string of the molecule is CC[C@H](NC(=O)CCN1C(=O)c2ccccc2S1(=O)=O)c1ccc(OC)c(C)c1. The fourth-order valence-electron chi connectivity index (χ4n) is 3.46. The summed E-state index contributed by atoms with van der Waals surface area (Å²) in [5, 5.41) is 2.92. The molecule has 2 aromatic carbocycles. The largest absolute Gasteiger partial charge is 0.496 e. The molecule has 1 aliphatic heterocycles. The molecule has 154 valence electrons. The van der Waals surface area contributed by atoms with E-state index in [1.165, 1.54) is 12.1 Å². The second kappa shape index (κ2) is 8.24. The molecule has 29 heavy (non-hydrogen) atoms. The summed E-state index contributed by atoms with van der Waals surface area (Å²) in [4.78, 5) is 24.9. The van der Waals surface area contributed by atoms with Crippen LogP contribution in [0.4, 0.5) is 0 Å². The molecule has 2 amide bonds. The van der Waals surface area contributed by atoms with Crippen molar-refractivity contribution in [1.29, 1.82) is 0 Å². The Morgan fingerprint density at radius 3 is 2.55 bits per heavy atom. The van der Waals surface area contributed by atoms with E-state index in [2.05, 4.69) is 5.32 Å². The summed E-state index contributed by atoms with van der Waals surface area (Å²) >= 11 is 0. The minimum atomic E-state index is -3.90. The Morgan fingerprint density at radius 1 is 1.21 bits per heavy atom. The van der Waals surface area contributed by atoms with E-state index in [0.29, 0.717) is 6.42 Å². The highest BCUT2D eigenvalue weighted by atomic mass is 32.2. The van der Waals surface area contributed by atoms with Crippen molar-refractivity contribution in [1.82, 2.24) is 9.62 Å². The number of ether oxygens (including phenoxy) is 1. The van der Waals surface area contributed by atoms with Gasteiger partial charge in [0.25, 0.3) is 15.9 Å². The molecular formula is C21H24N2O5S. The fraction of sp³-hybridized carbons (Fsp3) is 0.333. The second-order valence-corrected chi connectivity index (χ2v) is 8.72. The molecular weight excluding hydrogens is 392 g/mol. The molecule has 0 radical (unpaired) electrons. The number of nitrogens with one attached hydrogen (secondary N) is 1. The monoisotopic (exact) mass is 416 g/mol. The summed E-state index contributed by atoms with van der Waals surface area (Å²) in [5.74, 6) is -0.136. The fourth-order valence-corrected chi connectivity index (χ4v) is 5.03. The molecule has 0 bridgehead atoms. The number of nitrogens with zero attached hydrogens (tertiary/aromatic N) is 1. The van der Waals surface area contributed by atoms with Gasteiger partial charge in [-0.1, -0.05) is 31.2 Å². The van der Waals surface area contributed by atoms with E-state index in [1.807, 2.05) is 32.0 Å². The first kappa shape index (κ1) is 20.9. The molecule has 0 aliphatic carbocycles. The molecule has 0 fully saturated rings. The van der Waals surface area contributed by atoms with Crippen molar-refractivity contribution in [3.05, 3.63) is 59.2 Å². The Bertz CT molecular complexity index is 1050. The van der Waals surface area contributed by atoms with E-state index in [1.54, 1.807) is 19.2 Å². The molecule has 3 rings (SSSR count). The average molecular weight is 416 g/mol. The van der Waals surface area contributed by atoms with E-state index in [9.17, 15) is 18.0 Å². The number of sulfonamides is 1. The topological polar surface area (TPSA) is 92.8 Å². The third-order valence-electron chi connectivity index (χ3n) is 5.02. The number of fused-ring (bicyclic) bond motifs is 1. The van der Waals surface area contributed by atoms with E-state index in [4.69, 9.17) is 4.74 Å². The maximum absolute atomic E-state index is 12.6. The van der Waals surface area contributed by atoms with E-state index < -0.39 is 15.9 Å². The van der Waals surface area contributed by atoms with Gasteiger partial charge in [-0.2, -0.15) is 0 Å². The number of methoxy groups -OCH3 is 1. The van der Waals surface area contributed by atoms with Gasteiger partial charge in [-0.15, -0.1) is 0 Å². The smallest absolute Gasteiger partial charge is 0.269 e. The van der Waals surface area contributed by atoms with Crippen molar-refractivity contribution in [3.63, 3.8) is 0 Å². The molecule has 2 aromatic rings. The lowest BCUT2D eigenvalue weighted by Crippen LogP contribution is -2.35. The second-order valence-electron chi connectivity index (χ2n) is 6.89. The summed E-state index contributed by atoms with van der Waals surface area (Å²) < 4.78 is 31.2. The number of rotatable bonds is 7. The standard InChI is InChI=1S/C21H24N2O5S/c1-4-17(15-9-10-18(28-3)14(2)13-15)22-20(24)11-12-23-21(25)16-7-5-6-8-19(16)29(23,26)27/h5-10,13,17H,4,11-12H2,1-3H3,(H,22,24)/t17-/m0/s1. The van der Waals surface area contributed by atoms with Crippen LogP contribution in [0.15, 0.2) is 47.4 Å². The number of hydrogen-bond acceptors (Lipinski definition) is 5. The lowest BCUT2D eigenvalue weighted by atomic mass is 10.0. The Morgan fingerprint density at radius 2 is 1.93 bits per heavy atom. The molecule has 1 heterocycles. The zero-order valence-corrected chi connectivity index (χ0v) is 17.5. The quantitative estimate of drug-likeness (QED) is 0.749. The van der Waals surface area contributed by atoms with Crippen molar-refractivity contribution >= 4 is 21.8 Å². The summed E-state index contributed by atoms with van der Waals surface area (Å²) in [7, 11) is -2.30. The van der Waals surface area contributed by atoms with Gasteiger partial charge >= 0.3 is 0 Å². The highest BCUT2D eigenvalue weighted by Gasteiger charge is 2.40. The number of hydrogen-bond donors (Lipinski definition) is 1. The number of amides is 2. The molecule has 1 N–H and O–H groups in total. The van der Waals surface area contributed by atoms with Crippen molar-refractivity contribution in [2.75, 3.05) is 13.7 Å². The zero-order valence-electron chi connectivity index (χ0n) is 16.6. The third kappa shape index (κ3) is 3.98. The molecule has 0 spiro atoms. The number of carbonyl (C=O) groups is 2. The molecule has 0 aromatic heterocycles. The first-order chi connectivity index (χ1) is 13.8. The van der Waals surface area contributed by atoms with Gasteiger partial charge < -0.3 is 10.1 Å². The first-order valence-corrected chi connectivity index (χ1v) is 10.8. The van der Waals surface area contributed by atoms with Gasteiger partial charge in [-0.3, -0.25) is 9.59 Å². The Balaban J connectivity index is 1.67. The maximum Gasteiger partial charge on any atom is 0.269 e. The van der Waals surface area contributed by atoms with Gasteiger partial charge in [0.05, 0.1) is 18.7 Å². The van der Waals surface area contributed by atoms with Crippen LogP contribution in [0.1, 0.15) is 47.3 Å². The molecule has 0 saturated carbocycles. The van der Waals surface area contributed by atoms with Crippen LogP contribution in [0, 0.1) is 6.92 Å². The maximum atomic E-state index is 12.6. The predicted octanol–water partition coefficient (Wildman–Crippen LogP) is 2.81. The minimum Gasteiger partial charge on any atom is -0.496 e. The van der Waals surface area contributed by atoms with Crippen LogP contribution in [0.25, 0.3) is 0 Å². The van der Waals surface area contributed by atoms with Gasteiger partial charge in [0.2, 0.25) is 5.91 Å². The highest BCUT2D eigenvalue weighted by molar-refractivity contribution is 7.90. The zero-order chi connectivity index (χ0) is 21.2. The number of aryl methyl sites for hydroxylation is 1. The summed E-state index contributed by atoms with van der Waals surface area (Å²) in [6, 6.07) is 11.6. The Kier molecular flexibility index (Phi) is 5.93. The van der Waals surface area contributed by atoms with Gasteiger partial charge in [-0.25, -0.2) is 12.7 Å². The van der Waals surface area contributed by atoms with Gasteiger partial charge in [0.15, 0.2) is 0 Å². The molecule has 0 unspecified atom stereocenters. The summed E-state index contributed by atoms with van der Waals surface area (Å²) in [6.45, 7) is 3.69. The van der Waals surface area contributed by atoms with Gasteiger partial charge in [0, 0.05) is 13.0 Å². The first-order valence-electron chi connectivity index (χ1n) is 9.39. The van der Waals surface area contributed by atoms with Crippen molar-refractivity contribution < 1.29 is 22.7 Å². The van der Waals surface area contributed by atoms with Crippen LogP contribution in [0.3, 0.4) is 0 Å². The Labute approximate surface area is 170 Å². The van der Waals surface area contributed by atoms with Crippen LogP contribution in [0.5, 0.6) is 5.75 Å². The Hall–Kier alpha value is -2.87. The predicted molar refractivity (Wildman–Crippen MR) is 108 cm³/mol. The van der Waals surface area contributed by atoms with Crippen molar-refractivity contribution in [3.8, 4) is 5.75 Å². The lowest BCUT2D eigenvalue weighted by Gasteiger charge is -2.20. The van der Waals surface area contributed by atoms with E-state index in [-0.39, 0.29) is 35.4 Å².